The molecule has 0 radical (unpaired) electrons. The van der Waals surface area contributed by atoms with Crippen molar-refractivity contribution < 1.29 is 4.74 Å². The number of benzene rings is 1. The molecule has 4 nitrogen and oxygen atoms in total. The molecule has 0 aliphatic carbocycles. The van der Waals surface area contributed by atoms with Crippen LogP contribution in [0.5, 0.6) is 5.75 Å². The average molecular weight is 312 g/mol. The Bertz CT molecular complexity index is 627. The van der Waals surface area contributed by atoms with Crippen molar-refractivity contribution in [3.05, 3.63) is 45.7 Å². The lowest BCUT2D eigenvalue weighted by Crippen LogP contribution is -2.27. The molecule has 0 fully saturated rings. The van der Waals surface area contributed by atoms with Crippen LogP contribution in [0.25, 0.3) is 0 Å². The summed E-state index contributed by atoms with van der Waals surface area (Å²) in [4.78, 5) is 0. The van der Waals surface area contributed by atoms with Gasteiger partial charge in [-0.05, 0) is 18.2 Å². The Hall–Kier alpha value is -1.23. The van der Waals surface area contributed by atoms with Gasteiger partial charge in [-0.2, -0.15) is 5.10 Å². The molecule has 106 valence electrons. The van der Waals surface area contributed by atoms with Crippen LogP contribution < -0.4 is 10.1 Å². The van der Waals surface area contributed by atoms with Gasteiger partial charge >= 0.3 is 0 Å². The molecule has 1 aromatic heterocycles. The highest BCUT2D eigenvalue weighted by molar-refractivity contribution is 6.35. The molecule has 0 bridgehead atoms. The normalized spacial score (nSPS) is 17.6. The van der Waals surface area contributed by atoms with E-state index in [1.54, 1.807) is 12.3 Å². The van der Waals surface area contributed by atoms with E-state index in [9.17, 15) is 0 Å². The highest BCUT2D eigenvalue weighted by Gasteiger charge is 2.24. The lowest BCUT2D eigenvalue weighted by molar-refractivity contribution is 0.252. The summed E-state index contributed by atoms with van der Waals surface area (Å²) >= 11 is 12.3. The number of nitrogens with zero attached hydrogens (tertiary/aromatic N) is 2. The Morgan fingerprint density at radius 1 is 1.45 bits per heavy atom. The van der Waals surface area contributed by atoms with E-state index in [0.717, 1.165) is 30.0 Å². The molecule has 1 unspecified atom stereocenters. The van der Waals surface area contributed by atoms with E-state index in [4.69, 9.17) is 27.9 Å². The van der Waals surface area contributed by atoms with Crippen molar-refractivity contribution >= 4 is 23.2 Å². The molecule has 6 heteroatoms. The molecular weight excluding hydrogens is 297 g/mol. The van der Waals surface area contributed by atoms with E-state index >= 15 is 0 Å². The van der Waals surface area contributed by atoms with Crippen LogP contribution in [0.15, 0.2) is 24.4 Å². The zero-order chi connectivity index (χ0) is 14.1. The zero-order valence-electron chi connectivity index (χ0n) is 11.1. The van der Waals surface area contributed by atoms with Crippen LogP contribution in [0.1, 0.15) is 23.7 Å². The highest BCUT2D eigenvalue weighted by atomic mass is 35.5. The fourth-order valence-corrected chi connectivity index (χ4v) is 3.00. The Labute approximate surface area is 127 Å². The molecule has 20 heavy (non-hydrogen) atoms. The first-order valence-corrected chi connectivity index (χ1v) is 7.23. The number of ether oxygens (including phenoxy) is 1. The van der Waals surface area contributed by atoms with Gasteiger partial charge in [0.25, 0.3) is 0 Å². The van der Waals surface area contributed by atoms with Crippen LogP contribution in [0.2, 0.25) is 10.0 Å². The van der Waals surface area contributed by atoms with E-state index in [0.29, 0.717) is 16.7 Å². The quantitative estimate of drug-likeness (QED) is 0.945. The maximum atomic E-state index is 6.19. The van der Waals surface area contributed by atoms with Gasteiger partial charge in [0.05, 0.1) is 17.3 Å². The van der Waals surface area contributed by atoms with Crippen LogP contribution in [-0.2, 0) is 13.6 Å². The molecule has 1 N–H and O–H groups in total. The fraction of sp³-hybridized carbons (Fsp3) is 0.357. The van der Waals surface area contributed by atoms with Crippen molar-refractivity contribution in [3.8, 4) is 5.75 Å². The first-order chi connectivity index (χ1) is 9.65. The van der Waals surface area contributed by atoms with Gasteiger partial charge in [0.15, 0.2) is 0 Å². The number of hydrogen-bond donors (Lipinski definition) is 1. The first kappa shape index (κ1) is 13.7. The molecule has 2 aromatic rings. The molecule has 0 amide bonds. The SMILES string of the molecule is Cn1nccc1CNC1CCOc2c(Cl)cc(Cl)cc21. The summed E-state index contributed by atoms with van der Waals surface area (Å²) in [6.45, 7) is 1.39. The van der Waals surface area contributed by atoms with Gasteiger partial charge in [0.2, 0.25) is 0 Å². The van der Waals surface area contributed by atoms with E-state index in [1.165, 1.54) is 0 Å². The fourth-order valence-electron chi connectivity index (χ4n) is 2.44. The predicted octanol–water partition coefficient (Wildman–Crippen LogP) is 3.34. The van der Waals surface area contributed by atoms with Gasteiger partial charge in [-0.25, -0.2) is 0 Å². The third kappa shape index (κ3) is 2.64. The molecule has 1 aliphatic heterocycles. The lowest BCUT2D eigenvalue weighted by Gasteiger charge is -2.27. The highest BCUT2D eigenvalue weighted by Crippen LogP contribution is 2.39. The van der Waals surface area contributed by atoms with Crippen molar-refractivity contribution in [2.75, 3.05) is 6.61 Å². The number of hydrogen-bond acceptors (Lipinski definition) is 3. The maximum absolute atomic E-state index is 6.19. The van der Waals surface area contributed by atoms with Crippen LogP contribution >= 0.6 is 23.2 Å². The second-order valence-corrected chi connectivity index (χ2v) is 5.67. The monoisotopic (exact) mass is 311 g/mol. The summed E-state index contributed by atoms with van der Waals surface area (Å²) in [5.74, 6) is 0.741. The van der Waals surface area contributed by atoms with Crippen molar-refractivity contribution in [2.45, 2.75) is 19.0 Å². The summed E-state index contributed by atoms with van der Waals surface area (Å²) < 4.78 is 7.51. The Morgan fingerprint density at radius 3 is 3.05 bits per heavy atom. The first-order valence-electron chi connectivity index (χ1n) is 6.47. The van der Waals surface area contributed by atoms with E-state index < -0.39 is 0 Å². The number of rotatable bonds is 3. The zero-order valence-corrected chi connectivity index (χ0v) is 12.6. The lowest BCUT2D eigenvalue weighted by atomic mass is 10.0. The number of aromatic nitrogens is 2. The number of nitrogens with one attached hydrogen (secondary N) is 1. The largest absolute Gasteiger partial charge is 0.492 e. The number of fused-ring (bicyclic) bond motifs is 1. The minimum Gasteiger partial charge on any atom is -0.492 e. The third-order valence-corrected chi connectivity index (χ3v) is 4.02. The summed E-state index contributed by atoms with van der Waals surface area (Å²) in [6, 6.07) is 5.82. The summed E-state index contributed by atoms with van der Waals surface area (Å²) in [6.07, 6.45) is 2.68. The molecule has 0 saturated heterocycles. The van der Waals surface area contributed by atoms with Crippen molar-refractivity contribution in [3.63, 3.8) is 0 Å². The van der Waals surface area contributed by atoms with Crippen LogP contribution in [0.4, 0.5) is 0 Å². The molecule has 0 spiro atoms. The Morgan fingerprint density at radius 2 is 2.30 bits per heavy atom. The van der Waals surface area contributed by atoms with Gasteiger partial charge in [0, 0.05) is 42.8 Å². The van der Waals surface area contributed by atoms with Gasteiger partial charge in [-0.1, -0.05) is 23.2 Å². The predicted molar refractivity (Wildman–Crippen MR) is 79.4 cm³/mol. The van der Waals surface area contributed by atoms with Crippen molar-refractivity contribution in [1.82, 2.24) is 15.1 Å². The van der Waals surface area contributed by atoms with E-state index in [2.05, 4.69) is 10.4 Å². The second kappa shape index (κ2) is 5.64. The minimum atomic E-state index is 0.185. The molecule has 2 heterocycles. The summed E-state index contributed by atoms with van der Waals surface area (Å²) in [5, 5.41) is 8.88. The molecule has 1 aliphatic rings. The van der Waals surface area contributed by atoms with Gasteiger partial charge in [0.1, 0.15) is 5.75 Å². The van der Waals surface area contributed by atoms with Crippen molar-refractivity contribution in [2.24, 2.45) is 7.05 Å². The third-order valence-electron chi connectivity index (χ3n) is 3.52. The summed E-state index contributed by atoms with van der Waals surface area (Å²) in [7, 11) is 1.93. The van der Waals surface area contributed by atoms with Crippen LogP contribution in [-0.4, -0.2) is 16.4 Å². The molecule has 1 aromatic carbocycles. The molecular formula is C14H15Cl2N3O. The van der Waals surface area contributed by atoms with Gasteiger partial charge in [-0.15, -0.1) is 0 Å². The number of aryl methyl sites for hydroxylation is 1. The second-order valence-electron chi connectivity index (χ2n) is 4.82. The Kier molecular flexibility index (Phi) is 3.87. The molecule has 0 saturated carbocycles. The minimum absolute atomic E-state index is 0.185. The van der Waals surface area contributed by atoms with Gasteiger partial charge < -0.3 is 10.1 Å². The van der Waals surface area contributed by atoms with E-state index in [1.807, 2.05) is 23.9 Å². The van der Waals surface area contributed by atoms with E-state index in [-0.39, 0.29) is 6.04 Å². The standard InChI is InChI=1S/C14H15Cl2N3O/c1-19-10(2-4-18-19)8-17-13-3-5-20-14-11(13)6-9(15)7-12(14)16/h2,4,6-7,13,17H,3,5,8H2,1H3. The van der Waals surface area contributed by atoms with Crippen molar-refractivity contribution in [1.29, 1.82) is 0 Å². The molecule has 1 atom stereocenters. The maximum Gasteiger partial charge on any atom is 0.142 e. The smallest absolute Gasteiger partial charge is 0.142 e. The molecule has 3 rings (SSSR count). The van der Waals surface area contributed by atoms with Gasteiger partial charge in [-0.3, -0.25) is 4.68 Å². The number of halogens is 2. The average Bonchev–Trinajstić information content (AvgIpc) is 2.82. The summed E-state index contributed by atoms with van der Waals surface area (Å²) in [5.41, 5.74) is 2.15. The van der Waals surface area contributed by atoms with Crippen LogP contribution in [0, 0.1) is 0 Å². The topological polar surface area (TPSA) is 39.1 Å². The van der Waals surface area contributed by atoms with Crippen LogP contribution in [0.3, 0.4) is 0 Å². The Balaban J connectivity index is 1.81.